The average molecular weight is 243 g/mol. The normalized spacial score (nSPS) is 10.9. The van der Waals surface area contributed by atoms with Crippen molar-refractivity contribution in [3.8, 4) is 0 Å². The minimum absolute atomic E-state index is 0.00130. The highest BCUT2D eigenvalue weighted by Gasteiger charge is 2.12. The third kappa shape index (κ3) is 2.94. The molecule has 0 bridgehead atoms. The third-order valence-electron chi connectivity index (χ3n) is 1.98. The molecule has 0 aromatic heterocycles. The van der Waals surface area contributed by atoms with Crippen LogP contribution in [-0.4, -0.2) is 21.5 Å². The van der Waals surface area contributed by atoms with E-state index < -0.39 is 16.1 Å². The van der Waals surface area contributed by atoms with Gasteiger partial charge in [-0.1, -0.05) is 6.07 Å². The van der Waals surface area contributed by atoms with Gasteiger partial charge in [0.05, 0.1) is 4.90 Å². The monoisotopic (exact) mass is 243 g/mol. The predicted molar refractivity (Wildman–Crippen MR) is 60.6 cm³/mol. The van der Waals surface area contributed by atoms with Crippen LogP contribution in [-0.2, 0) is 10.0 Å². The zero-order valence-electron chi connectivity index (χ0n) is 8.94. The van der Waals surface area contributed by atoms with Gasteiger partial charge in [0, 0.05) is 12.7 Å². The molecule has 0 fully saturated rings. The Hall–Kier alpha value is -1.60. The number of carbonyl (C=O) groups excluding carboxylic acids is 1. The fraction of sp³-hybridized carbons (Fsp3) is 0.222. The Bertz CT molecular complexity index is 511. The number of carbonyl (C=O) groups is 1. The molecule has 0 atom stereocenters. The number of aryl methyl sites for hydroxylation is 1. The molecule has 0 radical (unpaired) electrons. The highest BCUT2D eigenvalue weighted by atomic mass is 32.2. The lowest BCUT2D eigenvalue weighted by atomic mass is 10.2. The van der Waals surface area contributed by atoms with E-state index in [0.717, 1.165) is 0 Å². The second kappa shape index (κ2) is 4.50. The summed E-state index contributed by atoms with van der Waals surface area (Å²) in [5.74, 6) is 0. The van der Waals surface area contributed by atoms with Crippen LogP contribution in [0, 0.1) is 6.92 Å². The molecule has 0 heterocycles. The minimum Gasteiger partial charge on any atom is -0.341 e. The molecule has 0 aliphatic carbocycles. The van der Waals surface area contributed by atoms with Crippen molar-refractivity contribution in [2.24, 2.45) is 5.14 Å². The van der Waals surface area contributed by atoms with Crippen molar-refractivity contribution in [1.29, 1.82) is 0 Å². The molecule has 0 spiro atoms. The topological polar surface area (TPSA) is 101 Å². The van der Waals surface area contributed by atoms with E-state index in [-0.39, 0.29) is 4.90 Å². The van der Waals surface area contributed by atoms with Crippen LogP contribution in [0.15, 0.2) is 23.1 Å². The highest BCUT2D eigenvalue weighted by Crippen LogP contribution is 2.18. The van der Waals surface area contributed by atoms with Crippen molar-refractivity contribution in [2.75, 3.05) is 12.4 Å². The summed E-state index contributed by atoms with van der Waals surface area (Å²) in [4.78, 5) is 11.0. The van der Waals surface area contributed by atoms with Gasteiger partial charge in [0.25, 0.3) is 0 Å². The first-order chi connectivity index (χ1) is 7.34. The zero-order valence-corrected chi connectivity index (χ0v) is 9.76. The Morgan fingerprint density at radius 3 is 2.50 bits per heavy atom. The van der Waals surface area contributed by atoms with Crippen LogP contribution in [0.25, 0.3) is 0 Å². The maximum absolute atomic E-state index is 11.2. The molecule has 4 N–H and O–H groups in total. The molecule has 0 unspecified atom stereocenters. The number of rotatable bonds is 2. The molecule has 16 heavy (non-hydrogen) atoms. The number of urea groups is 1. The Morgan fingerprint density at radius 1 is 1.38 bits per heavy atom. The van der Waals surface area contributed by atoms with E-state index in [1.54, 1.807) is 19.1 Å². The third-order valence-corrected chi connectivity index (χ3v) is 3.03. The number of hydrogen-bond acceptors (Lipinski definition) is 3. The van der Waals surface area contributed by atoms with Gasteiger partial charge in [-0.3, -0.25) is 0 Å². The summed E-state index contributed by atoms with van der Waals surface area (Å²) < 4.78 is 22.4. The van der Waals surface area contributed by atoms with E-state index >= 15 is 0 Å². The van der Waals surface area contributed by atoms with Crippen LogP contribution < -0.4 is 15.8 Å². The lowest BCUT2D eigenvalue weighted by molar-refractivity contribution is 0.254. The van der Waals surface area contributed by atoms with Crippen molar-refractivity contribution >= 4 is 21.7 Å². The van der Waals surface area contributed by atoms with Crippen LogP contribution in [0.4, 0.5) is 10.5 Å². The van der Waals surface area contributed by atoms with E-state index in [4.69, 9.17) is 5.14 Å². The highest BCUT2D eigenvalue weighted by molar-refractivity contribution is 7.89. The van der Waals surface area contributed by atoms with E-state index in [9.17, 15) is 13.2 Å². The van der Waals surface area contributed by atoms with Gasteiger partial charge in [-0.25, -0.2) is 18.4 Å². The summed E-state index contributed by atoms with van der Waals surface area (Å²) >= 11 is 0. The Morgan fingerprint density at radius 2 is 2.00 bits per heavy atom. The second-order valence-electron chi connectivity index (χ2n) is 3.23. The largest absolute Gasteiger partial charge is 0.341 e. The summed E-state index contributed by atoms with van der Waals surface area (Å²) in [6, 6.07) is 4.06. The van der Waals surface area contributed by atoms with Crippen molar-refractivity contribution < 1.29 is 13.2 Å². The fourth-order valence-electron chi connectivity index (χ4n) is 1.18. The molecular weight excluding hydrogens is 230 g/mol. The molecule has 0 saturated heterocycles. The summed E-state index contributed by atoms with van der Waals surface area (Å²) in [5.41, 5.74) is 0.902. The van der Waals surface area contributed by atoms with Crippen LogP contribution >= 0.6 is 0 Å². The first kappa shape index (κ1) is 12.5. The average Bonchev–Trinajstić information content (AvgIpc) is 2.19. The second-order valence-corrected chi connectivity index (χ2v) is 4.76. The fourth-order valence-corrected chi connectivity index (χ4v) is 1.99. The SMILES string of the molecule is CNC(=O)Nc1ccc(C)c(S(N)(=O)=O)c1. The number of benzene rings is 1. The zero-order chi connectivity index (χ0) is 12.3. The maximum Gasteiger partial charge on any atom is 0.318 e. The smallest absolute Gasteiger partial charge is 0.318 e. The summed E-state index contributed by atoms with van der Waals surface area (Å²) in [5, 5.41) is 9.85. The van der Waals surface area contributed by atoms with Gasteiger partial charge in [0.1, 0.15) is 0 Å². The van der Waals surface area contributed by atoms with E-state index in [2.05, 4.69) is 10.6 Å². The summed E-state index contributed by atoms with van der Waals surface area (Å²) in [7, 11) is -2.31. The molecule has 6 nitrogen and oxygen atoms in total. The number of nitrogens with one attached hydrogen (secondary N) is 2. The van der Waals surface area contributed by atoms with E-state index in [1.807, 2.05) is 0 Å². The van der Waals surface area contributed by atoms with Gasteiger partial charge in [-0.2, -0.15) is 0 Å². The van der Waals surface area contributed by atoms with E-state index in [1.165, 1.54) is 13.1 Å². The molecule has 88 valence electrons. The summed E-state index contributed by atoms with van der Waals surface area (Å²) in [6.45, 7) is 1.63. The minimum atomic E-state index is -3.77. The molecule has 0 saturated carbocycles. The first-order valence-electron chi connectivity index (χ1n) is 4.47. The van der Waals surface area contributed by atoms with Crippen molar-refractivity contribution in [2.45, 2.75) is 11.8 Å². The Kier molecular flexibility index (Phi) is 3.51. The molecule has 1 aromatic carbocycles. The molecule has 0 aliphatic rings. The lowest BCUT2D eigenvalue weighted by Crippen LogP contribution is -2.24. The van der Waals surface area contributed by atoms with Gasteiger partial charge in [-0.05, 0) is 24.6 Å². The van der Waals surface area contributed by atoms with Gasteiger partial charge < -0.3 is 10.6 Å². The maximum atomic E-state index is 11.2. The summed E-state index contributed by atoms with van der Waals surface area (Å²) in [6.07, 6.45) is 0. The number of sulfonamides is 1. The standard InChI is InChI=1S/C9H13N3O3S/c1-6-3-4-7(12-9(13)11-2)5-8(6)16(10,14)15/h3-5H,1-2H3,(H2,10,14,15)(H2,11,12,13). The van der Waals surface area contributed by atoms with Crippen molar-refractivity contribution in [1.82, 2.24) is 5.32 Å². The molecular formula is C9H13N3O3S. The molecule has 7 heteroatoms. The quantitative estimate of drug-likeness (QED) is 0.700. The number of hydrogen-bond donors (Lipinski definition) is 3. The Labute approximate surface area is 93.9 Å². The van der Waals surface area contributed by atoms with E-state index in [0.29, 0.717) is 11.3 Å². The lowest BCUT2D eigenvalue weighted by Gasteiger charge is -2.08. The van der Waals surface area contributed by atoms with Gasteiger partial charge >= 0.3 is 6.03 Å². The van der Waals surface area contributed by atoms with Crippen molar-refractivity contribution in [3.05, 3.63) is 23.8 Å². The molecule has 0 aliphatic heterocycles. The molecule has 1 aromatic rings. The predicted octanol–water partition coefficient (Wildman–Crippen LogP) is 0.394. The van der Waals surface area contributed by atoms with Gasteiger partial charge in [-0.15, -0.1) is 0 Å². The first-order valence-corrected chi connectivity index (χ1v) is 6.01. The van der Waals surface area contributed by atoms with Crippen LogP contribution in [0.5, 0.6) is 0 Å². The van der Waals surface area contributed by atoms with Crippen LogP contribution in [0.3, 0.4) is 0 Å². The molecule has 2 amide bonds. The number of primary sulfonamides is 1. The number of nitrogens with two attached hydrogens (primary N) is 1. The molecule has 1 rings (SSSR count). The van der Waals surface area contributed by atoms with Crippen LogP contribution in [0.1, 0.15) is 5.56 Å². The Balaban J connectivity index is 3.13. The number of anilines is 1. The van der Waals surface area contributed by atoms with Crippen molar-refractivity contribution in [3.63, 3.8) is 0 Å². The van der Waals surface area contributed by atoms with Gasteiger partial charge in [0.15, 0.2) is 0 Å². The van der Waals surface area contributed by atoms with Crippen LogP contribution in [0.2, 0.25) is 0 Å². The van der Waals surface area contributed by atoms with Gasteiger partial charge in [0.2, 0.25) is 10.0 Å². The number of amides is 2.